The lowest BCUT2D eigenvalue weighted by atomic mass is 10.1. The number of nitrogens with zero attached hydrogens (tertiary/aromatic N) is 1. The lowest BCUT2D eigenvalue weighted by Gasteiger charge is -2.11. The lowest BCUT2D eigenvalue weighted by molar-refractivity contribution is 0.414. The summed E-state index contributed by atoms with van der Waals surface area (Å²) in [6, 6.07) is 9.07. The van der Waals surface area contributed by atoms with Crippen molar-refractivity contribution in [1.29, 1.82) is 0 Å². The van der Waals surface area contributed by atoms with E-state index in [2.05, 4.69) is 0 Å². The van der Waals surface area contributed by atoms with Crippen LogP contribution in [0.25, 0.3) is 0 Å². The van der Waals surface area contributed by atoms with Crippen LogP contribution in [0.5, 0.6) is 5.75 Å². The van der Waals surface area contributed by atoms with E-state index in [1.165, 1.54) is 0 Å². The minimum atomic E-state index is -0.0299. The molecule has 0 saturated carbocycles. The molecule has 0 bridgehead atoms. The quantitative estimate of drug-likeness (QED) is 0.872. The van der Waals surface area contributed by atoms with E-state index in [1.807, 2.05) is 31.2 Å². The van der Waals surface area contributed by atoms with Crippen molar-refractivity contribution >= 4 is 17.2 Å². The standard InChI is InChI=1S/C15H16N2O2S/c1-10-5-6-17(14(18)7-10)9-11-3-4-13(19-2)12(8-11)15(16)20/h3-8H,9H2,1-2H3,(H2,16,20). The van der Waals surface area contributed by atoms with Crippen LogP contribution in [0.3, 0.4) is 0 Å². The normalized spacial score (nSPS) is 10.3. The van der Waals surface area contributed by atoms with E-state index in [1.54, 1.807) is 23.9 Å². The lowest BCUT2D eigenvalue weighted by Crippen LogP contribution is -2.19. The number of methoxy groups -OCH3 is 1. The summed E-state index contributed by atoms with van der Waals surface area (Å²) in [6.45, 7) is 2.36. The maximum atomic E-state index is 11.9. The van der Waals surface area contributed by atoms with Gasteiger partial charge in [0.2, 0.25) is 0 Å². The fourth-order valence-corrected chi connectivity index (χ4v) is 2.14. The van der Waals surface area contributed by atoms with Gasteiger partial charge in [-0.05, 0) is 36.2 Å². The minimum Gasteiger partial charge on any atom is -0.496 e. The number of thiocarbonyl (C=S) groups is 1. The molecule has 0 aliphatic carbocycles. The van der Waals surface area contributed by atoms with Gasteiger partial charge in [0.05, 0.1) is 19.2 Å². The average Bonchev–Trinajstić information content (AvgIpc) is 2.41. The predicted molar refractivity (Wildman–Crippen MR) is 83.4 cm³/mol. The van der Waals surface area contributed by atoms with Crippen LogP contribution in [0.4, 0.5) is 0 Å². The largest absolute Gasteiger partial charge is 0.496 e. The Morgan fingerprint density at radius 1 is 1.35 bits per heavy atom. The first kappa shape index (κ1) is 14.3. The van der Waals surface area contributed by atoms with E-state index in [0.29, 0.717) is 17.9 Å². The predicted octanol–water partition coefficient (Wildman–Crippen LogP) is 1.85. The van der Waals surface area contributed by atoms with Crippen LogP contribution in [0.15, 0.2) is 41.3 Å². The maximum Gasteiger partial charge on any atom is 0.251 e. The number of aryl methyl sites for hydroxylation is 1. The Hall–Kier alpha value is -2.14. The molecule has 20 heavy (non-hydrogen) atoms. The van der Waals surface area contributed by atoms with E-state index in [0.717, 1.165) is 11.1 Å². The average molecular weight is 288 g/mol. The van der Waals surface area contributed by atoms with Gasteiger partial charge in [-0.3, -0.25) is 4.79 Å². The van der Waals surface area contributed by atoms with E-state index in [-0.39, 0.29) is 10.5 Å². The zero-order chi connectivity index (χ0) is 14.7. The van der Waals surface area contributed by atoms with Gasteiger partial charge in [-0.2, -0.15) is 0 Å². The van der Waals surface area contributed by atoms with Crippen LogP contribution in [-0.4, -0.2) is 16.7 Å². The topological polar surface area (TPSA) is 57.2 Å². The number of ether oxygens (including phenoxy) is 1. The maximum absolute atomic E-state index is 11.9. The smallest absolute Gasteiger partial charge is 0.251 e. The number of hydrogen-bond donors (Lipinski definition) is 1. The molecule has 0 radical (unpaired) electrons. The minimum absolute atomic E-state index is 0.0299. The molecule has 5 heteroatoms. The third-order valence-corrected chi connectivity index (χ3v) is 3.25. The van der Waals surface area contributed by atoms with Gasteiger partial charge < -0.3 is 15.0 Å². The Balaban J connectivity index is 2.37. The van der Waals surface area contributed by atoms with Gasteiger partial charge in [0.15, 0.2) is 0 Å². The third-order valence-electron chi connectivity index (χ3n) is 3.03. The fraction of sp³-hybridized carbons (Fsp3) is 0.200. The number of aromatic nitrogens is 1. The van der Waals surface area contributed by atoms with E-state index >= 15 is 0 Å². The molecule has 2 rings (SSSR count). The van der Waals surface area contributed by atoms with Crippen molar-refractivity contribution in [1.82, 2.24) is 4.57 Å². The molecule has 1 heterocycles. The SMILES string of the molecule is COc1ccc(Cn2ccc(C)cc2=O)cc1C(N)=S. The van der Waals surface area contributed by atoms with Crippen molar-refractivity contribution in [2.24, 2.45) is 5.73 Å². The van der Waals surface area contributed by atoms with Gasteiger partial charge in [-0.1, -0.05) is 18.3 Å². The molecule has 2 aromatic rings. The third kappa shape index (κ3) is 3.05. The zero-order valence-electron chi connectivity index (χ0n) is 11.4. The summed E-state index contributed by atoms with van der Waals surface area (Å²) >= 11 is 5.01. The van der Waals surface area contributed by atoms with Gasteiger partial charge >= 0.3 is 0 Å². The zero-order valence-corrected chi connectivity index (χ0v) is 12.2. The molecule has 104 valence electrons. The van der Waals surface area contributed by atoms with Crippen LogP contribution in [0.2, 0.25) is 0 Å². The van der Waals surface area contributed by atoms with Gasteiger partial charge in [0.1, 0.15) is 10.7 Å². The Kier molecular flexibility index (Phi) is 4.20. The number of rotatable bonds is 4. The first-order valence-corrected chi connectivity index (χ1v) is 6.56. The molecule has 0 fully saturated rings. The summed E-state index contributed by atoms with van der Waals surface area (Å²) in [7, 11) is 1.57. The molecule has 0 aliphatic rings. The molecule has 0 amide bonds. The second-order valence-corrected chi connectivity index (χ2v) is 5.01. The molecule has 0 spiro atoms. The van der Waals surface area contributed by atoms with Gasteiger partial charge in [-0.15, -0.1) is 0 Å². The van der Waals surface area contributed by atoms with Crippen molar-refractivity contribution in [3.8, 4) is 5.75 Å². The molecule has 1 aromatic carbocycles. The summed E-state index contributed by atoms with van der Waals surface area (Å²) in [5.41, 5.74) is 8.23. The second-order valence-electron chi connectivity index (χ2n) is 4.57. The Morgan fingerprint density at radius 3 is 2.70 bits per heavy atom. The molecule has 0 unspecified atom stereocenters. The Labute approximate surface area is 122 Å². The summed E-state index contributed by atoms with van der Waals surface area (Å²) in [5.74, 6) is 0.637. The van der Waals surface area contributed by atoms with Crippen molar-refractivity contribution in [2.45, 2.75) is 13.5 Å². The molecule has 2 N–H and O–H groups in total. The van der Waals surface area contributed by atoms with Crippen LogP contribution in [-0.2, 0) is 6.54 Å². The fourth-order valence-electron chi connectivity index (χ4n) is 1.98. The molecular weight excluding hydrogens is 272 g/mol. The highest BCUT2D eigenvalue weighted by atomic mass is 32.1. The number of benzene rings is 1. The van der Waals surface area contributed by atoms with Crippen molar-refractivity contribution < 1.29 is 4.74 Å². The molecule has 0 aliphatic heterocycles. The van der Waals surface area contributed by atoms with Crippen LogP contribution < -0.4 is 16.0 Å². The summed E-state index contributed by atoms with van der Waals surface area (Å²) in [5, 5.41) is 0. The highest BCUT2D eigenvalue weighted by Gasteiger charge is 2.07. The van der Waals surface area contributed by atoms with Crippen molar-refractivity contribution in [2.75, 3.05) is 7.11 Å². The second kappa shape index (κ2) is 5.88. The van der Waals surface area contributed by atoms with Gasteiger partial charge in [0.25, 0.3) is 5.56 Å². The van der Waals surface area contributed by atoms with Crippen LogP contribution in [0.1, 0.15) is 16.7 Å². The van der Waals surface area contributed by atoms with Crippen LogP contribution >= 0.6 is 12.2 Å². The first-order chi connectivity index (χ1) is 9.51. The molecule has 0 atom stereocenters. The number of nitrogens with two attached hydrogens (primary N) is 1. The summed E-state index contributed by atoms with van der Waals surface area (Å²) in [6.07, 6.45) is 1.78. The highest BCUT2D eigenvalue weighted by Crippen LogP contribution is 2.20. The highest BCUT2D eigenvalue weighted by molar-refractivity contribution is 7.80. The monoisotopic (exact) mass is 288 g/mol. The van der Waals surface area contributed by atoms with Gasteiger partial charge in [0, 0.05) is 12.3 Å². The molecule has 4 nitrogen and oxygen atoms in total. The number of hydrogen-bond acceptors (Lipinski definition) is 3. The van der Waals surface area contributed by atoms with E-state index < -0.39 is 0 Å². The van der Waals surface area contributed by atoms with Crippen molar-refractivity contribution in [3.63, 3.8) is 0 Å². The Morgan fingerprint density at radius 2 is 2.10 bits per heavy atom. The Bertz CT molecular complexity index is 707. The summed E-state index contributed by atoms with van der Waals surface area (Å²) in [4.78, 5) is 12.2. The van der Waals surface area contributed by atoms with Crippen LogP contribution in [0, 0.1) is 6.92 Å². The molecule has 0 saturated heterocycles. The van der Waals surface area contributed by atoms with Gasteiger partial charge in [-0.25, -0.2) is 0 Å². The number of pyridine rings is 1. The van der Waals surface area contributed by atoms with E-state index in [9.17, 15) is 4.79 Å². The molecular formula is C15H16N2O2S. The molecule has 1 aromatic heterocycles. The van der Waals surface area contributed by atoms with Crippen molar-refractivity contribution in [3.05, 3.63) is 63.6 Å². The van der Waals surface area contributed by atoms with E-state index in [4.69, 9.17) is 22.7 Å². The first-order valence-electron chi connectivity index (χ1n) is 6.15. The summed E-state index contributed by atoms with van der Waals surface area (Å²) < 4.78 is 6.85.